The Morgan fingerprint density at radius 1 is 1.14 bits per heavy atom. The summed E-state index contributed by atoms with van der Waals surface area (Å²) in [5, 5.41) is 1.52. The fraction of sp³-hybridized carbons (Fsp3) is 0.500. The minimum atomic E-state index is 0.0132. The molecule has 0 fully saturated rings. The number of benzene rings is 1. The normalized spacial score (nSPS) is 12.7. The minimum absolute atomic E-state index is 0.0132. The van der Waals surface area contributed by atoms with Crippen LogP contribution in [0, 0.1) is 0 Å². The zero-order valence-electron chi connectivity index (χ0n) is 8.95. The molecule has 1 rings (SSSR count). The number of nitrogens with two attached hydrogens (primary N) is 1. The molecule has 1 nitrogen and oxygen atoms in total. The van der Waals surface area contributed by atoms with Gasteiger partial charge in [0, 0.05) is 0 Å². The largest absolute Gasteiger partial charge is 0.330 e. The fourth-order valence-electron chi connectivity index (χ4n) is 1.51. The van der Waals surface area contributed by atoms with E-state index in [-0.39, 0.29) is 7.92 Å². The molecule has 14 heavy (non-hydrogen) atoms. The van der Waals surface area contributed by atoms with Gasteiger partial charge >= 0.3 is 0 Å². The summed E-state index contributed by atoms with van der Waals surface area (Å²) >= 11 is 0. The molecule has 0 aromatic heterocycles. The van der Waals surface area contributed by atoms with Gasteiger partial charge in [-0.3, -0.25) is 0 Å². The highest BCUT2D eigenvalue weighted by atomic mass is 31.1. The number of rotatable bonds is 6. The Morgan fingerprint density at radius 2 is 1.86 bits per heavy atom. The molecule has 0 bridgehead atoms. The third-order valence-corrected chi connectivity index (χ3v) is 4.98. The summed E-state index contributed by atoms with van der Waals surface area (Å²) in [5.74, 6) is 0. The van der Waals surface area contributed by atoms with Crippen molar-refractivity contribution in [2.45, 2.75) is 19.8 Å². The van der Waals surface area contributed by atoms with Crippen molar-refractivity contribution in [1.29, 1.82) is 0 Å². The highest BCUT2D eigenvalue weighted by Crippen LogP contribution is 2.34. The standard InChI is InChI=1S/C12H20NP/c1-2-3-10-14(11-9-13)12-7-5-4-6-8-12/h4-8H,2-3,9-11,13H2,1H3. The van der Waals surface area contributed by atoms with Gasteiger partial charge in [-0.05, 0) is 30.6 Å². The molecule has 1 atom stereocenters. The lowest BCUT2D eigenvalue weighted by Crippen LogP contribution is -2.12. The molecule has 2 heteroatoms. The van der Waals surface area contributed by atoms with E-state index < -0.39 is 0 Å². The summed E-state index contributed by atoms with van der Waals surface area (Å²) in [6.07, 6.45) is 5.14. The van der Waals surface area contributed by atoms with E-state index in [4.69, 9.17) is 5.73 Å². The highest BCUT2D eigenvalue weighted by molar-refractivity contribution is 7.65. The van der Waals surface area contributed by atoms with Gasteiger partial charge in [0.2, 0.25) is 0 Å². The average molecular weight is 209 g/mol. The van der Waals surface area contributed by atoms with Crippen LogP contribution in [0.25, 0.3) is 0 Å². The van der Waals surface area contributed by atoms with Crippen molar-refractivity contribution in [2.24, 2.45) is 5.73 Å². The van der Waals surface area contributed by atoms with Crippen molar-refractivity contribution >= 4 is 13.2 Å². The van der Waals surface area contributed by atoms with Crippen molar-refractivity contribution in [2.75, 3.05) is 18.9 Å². The van der Waals surface area contributed by atoms with Crippen molar-refractivity contribution in [3.63, 3.8) is 0 Å². The first-order chi connectivity index (χ1) is 6.88. The Bertz CT molecular complexity index is 235. The van der Waals surface area contributed by atoms with Crippen molar-refractivity contribution < 1.29 is 0 Å². The summed E-state index contributed by atoms with van der Waals surface area (Å²) < 4.78 is 0. The Kier molecular flexibility index (Phi) is 5.82. The third-order valence-electron chi connectivity index (χ3n) is 2.30. The Balaban J connectivity index is 2.58. The third kappa shape index (κ3) is 3.77. The van der Waals surface area contributed by atoms with E-state index in [9.17, 15) is 0 Å². The predicted molar refractivity (Wildman–Crippen MR) is 66.7 cm³/mol. The van der Waals surface area contributed by atoms with Gasteiger partial charge < -0.3 is 5.73 Å². The van der Waals surface area contributed by atoms with E-state index in [0.29, 0.717) is 0 Å². The Hall–Kier alpha value is -0.390. The molecule has 0 aliphatic rings. The topological polar surface area (TPSA) is 26.0 Å². The molecule has 1 aromatic rings. The summed E-state index contributed by atoms with van der Waals surface area (Å²) in [7, 11) is 0.0132. The quantitative estimate of drug-likeness (QED) is 0.716. The zero-order chi connectivity index (χ0) is 10.2. The van der Waals surface area contributed by atoms with Crippen LogP contribution >= 0.6 is 7.92 Å². The zero-order valence-corrected chi connectivity index (χ0v) is 9.84. The van der Waals surface area contributed by atoms with Gasteiger partial charge in [-0.15, -0.1) is 0 Å². The first-order valence-electron chi connectivity index (χ1n) is 5.38. The molecule has 0 heterocycles. The lowest BCUT2D eigenvalue weighted by molar-refractivity contribution is 0.890. The van der Waals surface area contributed by atoms with Crippen molar-refractivity contribution in [1.82, 2.24) is 0 Å². The fourth-order valence-corrected chi connectivity index (χ4v) is 3.86. The van der Waals surface area contributed by atoms with Crippen molar-refractivity contribution in [3.8, 4) is 0 Å². The minimum Gasteiger partial charge on any atom is -0.330 e. The molecule has 0 radical (unpaired) electrons. The summed E-state index contributed by atoms with van der Waals surface area (Å²) in [6, 6.07) is 10.8. The molecule has 78 valence electrons. The number of hydrogen-bond donors (Lipinski definition) is 1. The van der Waals surface area contributed by atoms with Gasteiger partial charge in [-0.25, -0.2) is 0 Å². The van der Waals surface area contributed by atoms with E-state index in [1.165, 1.54) is 30.5 Å². The van der Waals surface area contributed by atoms with Crippen LogP contribution in [0.5, 0.6) is 0 Å². The van der Waals surface area contributed by atoms with Gasteiger partial charge in [0.15, 0.2) is 0 Å². The van der Waals surface area contributed by atoms with Crippen LogP contribution in [0.15, 0.2) is 30.3 Å². The van der Waals surface area contributed by atoms with Crippen LogP contribution in [0.4, 0.5) is 0 Å². The van der Waals surface area contributed by atoms with Gasteiger partial charge in [-0.2, -0.15) is 0 Å². The van der Waals surface area contributed by atoms with Gasteiger partial charge in [-0.1, -0.05) is 51.6 Å². The lowest BCUT2D eigenvalue weighted by atomic mass is 10.4. The van der Waals surface area contributed by atoms with Crippen LogP contribution in [0.1, 0.15) is 19.8 Å². The van der Waals surface area contributed by atoms with Gasteiger partial charge in [0.05, 0.1) is 0 Å². The van der Waals surface area contributed by atoms with Crippen LogP contribution in [0.3, 0.4) is 0 Å². The Labute approximate surface area is 88.5 Å². The first-order valence-corrected chi connectivity index (χ1v) is 7.09. The van der Waals surface area contributed by atoms with Crippen LogP contribution < -0.4 is 11.0 Å². The molecule has 1 unspecified atom stereocenters. The second-order valence-corrected chi connectivity index (χ2v) is 5.96. The van der Waals surface area contributed by atoms with E-state index >= 15 is 0 Å². The summed E-state index contributed by atoms with van der Waals surface area (Å²) in [5.41, 5.74) is 5.65. The number of unbranched alkanes of at least 4 members (excludes halogenated alkanes) is 1. The molecule has 0 saturated carbocycles. The van der Waals surface area contributed by atoms with E-state index in [2.05, 4.69) is 37.3 Å². The monoisotopic (exact) mass is 209 g/mol. The maximum atomic E-state index is 5.65. The average Bonchev–Trinajstić information content (AvgIpc) is 2.25. The van der Waals surface area contributed by atoms with Crippen molar-refractivity contribution in [3.05, 3.63) is 30.3 Å². The van der Waals surface area contributed by atoms with Crippen LogP contribution in [-0.4, -0.2) is 18.9 Å². The molecule has 0 aliphatic heterocycles. The second-order valence-electron chi connectivity index (χ2n) is 3.46. The van der Waals surface area contributed by atoms with Gasteiger partial charge in [0.1, 0.15) is 0 Å². The maximum Gasteiger partial charge on any atom is -0.00348 e. The SMILES string of the molecule is CCCCP(CCN)c1ccccc1. The predicted octanol–water partition coefficient (Wildman–Crippen LogP) is 2.55. The van der Waals surface area contributed by atoms with E-state index in [1.54, 1.807) is 0 Å². The van der Waals surface area contributed by atoms with Gasteiger partial charge in [0.25, 0.3) is 0 Å². The smallest absolute Gasteiger partial charge is 0.00348 e. The molecule has 0 saturated heterocycles. The molecule has 1 aromatic carbocycles. The van der Waals surface area contributed by atoms with E-state index in [0.717, 1.165) is 6.54 Å². The second kappa shape index (κ2) is 6.98. The molecule has 0 aliphatic carbocycles. The molecular weight excluding hydrogens is 189 g/mol. The first kappa shape index (κ1) is 11.7. The van der Waals surface area contributed by atoms with Crippen LogP contribution in [-0.2, 0) is 0 Å². The number of hydrogen-bond acceptors (Lipinski definition) is 1. The molecular formula is C12H20NP. The highest BCUT2D eigenvalue weighted by Gasteiger charge is 2.08. The maximum absolute atomic E-state index is 5.65. The molecule has 2 N–H and O–H groups in total. The lowest BCUT2D eigenvalue weighted by Gasteiger charge is -2.16. The Morgan fingerprint density at radius 3 is 2.43 bits per heavy atom. The molecule has 0 spiro atoms. The summed E-state index contributed by atoms with van der Waals surface area (Å²) in [4.78, 5) is 0. The van der Waals surface area contributed by atoms with E-state index in [1.807, 2.05) is 0 Å². The summed E-state index contributed by atoms with van der Waals surface area (Å²) in [6.45, 7) is 3.07. The van der Waals surface area contributed by atoms with Crippen LogP contribution in [0.2, 0.25) is 0 Å². The molecule has 0 amide bonds.